The van der Waals surface area contributed by atoms with E-state index in [1.807, 2.05) is 55.5 Å². The fraction of sp³-hybridized carbons (Fsp3) is 0.300. The number of rotatable bonds is 6. The predicted octanol–water partition coefficient (Wildman–Crippen LogP) is 2.60. The van der Waals surface area contributed by atoms with Gasteiger partial charge in [-0.25, -0.2) is 5.48 Å². The number of aryl methyl sites for hydroxylation is 1. The SMILES string of the molecule is COc1ccc(C)cc1N1CC(C(=O)NOCc2ccccc2)CC1=O. The van der Waals surface area contributed by atoms with E-state index in [-0.39, 0.29) is 24.8 Å². The van der Waals surface area contributed by atoms with Gasteiger partial charge >= 0.3 is 0 Å². The fourth-order valence-corrected chi connectivity index (χ4v) is 2.98. The highest BCUT2D eigenvalue weighted by molar-refractivity contribution is 6.01. The number of hydrogen-bond donors (Lipinski definition) is 1. The van der Waals surface area contributed by atoms with E-state index in [1.165, 1.54) is 0 Å². The van der Waals surface area contributed by atoms with Crippen LogP contribution in [0.2, 0.25) is 0 Å². The molecule has 1 heterocycles. The number of nitrogens with zero attached hydrogens (tertiary/aromatic N) is 1. The van der Waals surface area contributed by atoms with Crippen molar-refractivity contribution in [2.24, 2.45) is 5.92 Å². The zero-order valence-electron chi connectivity index (χ0n) is 14.9. The molecule has 1 aliphatic rings. The summed E-state index contributed by atoms with van der Waals surface area (Å²) in [7, 11) is 1.57. The van der Waals surface area contributed by atoms with Crippen molar-refractivity contribution in [3.8, 4) is 5.75 Å². The van der Waals surface area contributed by atoms with Crippen molar-refractivity contribution in [2.75, 3.05) is 18.6 Å². The van der Waals surface area contributed by atoms with Crippen LogP contribution < -0.4 is 15.1 Å². The van der Waals surface area contributed by atoms with Crippen LogP contribution in [0.5, 0.6) is 5.75 Å². The maximum Gasteiger partial charge on any atom is 0.248 e. The number of carbonyl (C=O) groups is 2. The highest BCUT2D eigenvalue weighted by Crippen LogP contribution is 2.33. The van der Waals surface area contributed by atoms with Crippen molar-refractivity contribution >= 4 is 17.5 Å². The lowest BCUT2D eigenvalue weighted by atomic mass is 10.1. The van der Waals surface area contributed by atoms with Crippen molar-refractivity contribution in [1.29, 1.82) is 0 Å². The Labute approximate surface area is 152 Å². The van der Waals surface area contributed by atoms with Crippen molar-refractivity contribution in [2.45, 2.75) is 20.0 Å². The third kappa shape index (κ3) is 4.03. The van der Waals surface area contributed by atoms with Gasteiger partial charge in [0.2, 0.25) is 11.8 Å². The summed E-state index contributed by atoms with van der Waals surface area (Å²) in [6.07, 6.45) is 0.150. The van der Waals surface area contributed by atoms with E-state index in [1.54, 1.807) is 12.0 Å². The van der Waals surface area contributed by atoms with Crippen LogP contribution >= 0.6 is 0 Å². The van der Waals surface area contributed by atoms with Crippen molar-refractivity contribution in [3.05, 3.63) is 59.7 Å². The number of hydroxylamine groups is 1. The number of hydrogen-bond acceptors (Lipinski definition) is 4. The lowest BCUT2D eigenvalue weighted by Gasteiger charge is -2.20. The van der Waals surface area contributed by atoms with Crippen molar-refractivity contribution in [1.82, 2.24) is 5.48 Å². The number of methoxy groups -OCH3 is 1. The quantitative estimate of drug-likeness (QED) is 0.810. The zero-order valence-corrected chi connectivity index (χ0v) is 14.9. The zero-order chi connectivity index (χ0) is 18.5. The van der Waals surface area contributed by atoms with Crippen LogP contribution in [0.4, 0.5) is 5.69 Å². The number of ether oxygens (including phenoxy) is 1. The monoisotopic (exact) mass is 354 g/mol. The summed E-state index contributed by atoms with van der Waals surface area (Å²) in [5.74, 6) is -0.227. The standard InChI is InChI=1S/C20H22N2O4/c1-14-8-9-18(25-2)17(10-14)22-12-16(11-19(22)23)20(24)21-26-13-15-6-4-3-5-7-15/h3-10,16H,11-13H2,1-2H3,(H,21,24). The molecule has 0 saturated carbocycles. The van der Waals surface area contributed by atoms with E-state index < -0.39 is 5.92 Å². The summed E-state index contributed by atoms with van der Waals surface area (Å²) in [5.41, 5.74) is 5.13. The van der Waals surface area contributed by atoms with Gasteiger partial charge in [0.05, 0.1) is 25.3 Å². The van der Waals surface area contributed by atoms with Crippen molar-refractivity contribution in [3.63, 3.8) is 0 Å². The van der Waals surface area contributed by atoms with Crippen LogP contribution in [0.1, 0.15) is 17.5 Å². The van der Waals surface area contributed by atoms with Gasteiger partial charge in [-0.1, -0.05) is 36.4 Å². The van der Waals surface area contributed by atoms with E-state index in [0.717, 1.165) is 11.1 Å². The average molecular weight is 354 g/mol. The normalized spacial score (nSPS) is 16.6. The molecule has 6 heteroatoms. The van der Waals surface area contributed by atoms with Crippen LogP contribution in [0.15, 0.2) is 48.5 Å². The second-order valence-corrected chi connectivity index (χ2v) is 6.32. The van der Waals surface area contributed by atoms with E-state index in [4.69, 9.17) is 9.57 Å². The molecular weight excluding hydrogens is 332 g/mol. The molecule has 1 atom stereocenters. The van der Waals surface area contributed by atoms with Gasteiger partial charge in [0.1, 0.15) is 5.75 Å². The summed E-state index contributed by atoms with van der Waals surface area (Å²) in [4.78, 5) is 31.6. The Morgan fingerprint density at radius 1 is 1.23 bits per heavy atom. The molecule has 0 aromatic heterocycles. The number of anilines is 1. The molecule has 1 fully saturated rings. The Kier molecular flexibility index (Phi) is 5.53. The minimum absolute atomic E-state index is 0.0999. The van der Waals surface area contributed by atoms with Gasteiger partial charge in [-0.3, -0.25) is 14.4 Å². The largest absolute Gasteiger partial charge is 0.495 e. The number of benzene rings is 2. The summed E-state index contributed by atoms with van der Waals surface area (Å²) in [6.45, 7) is 2.53. The van der Waals surface area contributed by atoms with Gasteiger partial charge in [0.25, 0.3) is 0 Å². The van der Waals surface area contributed by atoms with Gasteiger partial charge in [0, 0.05) is 13.0 Å². The summed E-state index contributed by atoms with van der Waals surface area (Å²) >= 11 is 0. The minimum atomic E-state index is -0.455. The van der Waals surface area contributed by atoms with Crippen LogP contribution in [0.3, 0.4) is 0 Å². The molecule has 2 amide bonds. The number of carbonyl (C=O) groups excluding carboxylic acids is 2. The van der Waals surface area contributed by atoms with E-state index in [9.17, 15) is 9.59 Å². The topological polar surface area (TPSA) is 67.9 Å². The molecule has 6 nitrogen and oxygen atoms in total. The van der Waals surface area contributed by atoms with Crippen LogP contribution in [-0.2, 0) is 21.0 Å². The molecule has 1 saturated heterocycles. The van der Waals surface area contributed by atoms with Gasteiger partial charge in [-0.2, -0.15) is 0 Å². The molecule has 1 N–H and O–H groups in total. The molecule has 3 rings (SSSR count). The second kappa shape index (κ2) is 8.01. The Bertz CT molecular complexity index is 792. The first kappa shape index (κ1) is 17.9. The molecule has 0 bridgehead atoms. The molecule has 136 valence electrons. The Balaban J connectivity index is 1.60. The highest BCUT2D eigenvalue weighted by Gasteiger charge is 2.36. The van der Waals surface area contributed by atoms with Gasteiger partial charge in [-0.15, -0.1) is 0 Å². The molecule has 0 spiro atoms. The maximum atomic E-state index is 12.4. The highest BCUT2D eigenvalue weighted by atomic mass is 16.6. The molecule has 26 heavy (non-hydrogen) atoms. The first-order valence-corrected chi connectivity index (χ1v) is 8.49. The first-order valence-electron chi connectivity index (χ1n) is 8.49. The summed E-state index contributed by atoms with van der Waals surface area (Å²) in [5, 5.41) is 0. The molecule has 0 aliphatic carbocycles. The second-order valence-electron chi connectivity index (χ2n) is 6.32. The Morgan fingerprint density at radius 2 is 2.00 bits per heavy atom. The molecule has 2 aromatic carbocycles. The molecule has 1 aliphatic heterocycles. The van der Waals surface area contributed by atoms with Gasteiger partial charge < -0.3 is 9.64 Å². The fourth-order valence-electron chi connectivity index (χ4n) is 2.98. The molecular formula is C20H22N2O4. The third-order valence-corrected chi connectivity index (χ3v) is 4.38. The Hall–Kier alpha value is -2.86. The van der Waals surface area contributed by atoms with Gasteiger partial charge in [0.15, 0.2) is 0 Å². The molecule has 2 aromatic rings. The molecule has 0 radical (unpaired) electrons. The van der Waals surface area contributed by atoms with Crippen LogP contribution in [-0.4, -0.2) is 25.5 Å². The minimum Gasteiger partial charge on any atom is -0.495 e. The number of nitrogens with one attached hydrogen (secondary N) is 1. The summed E-state index contributed by atoms with van der Waals surface area (Å²) < 4.78 is 5.35. The van der Waals surface area contributed by atoms with E-state index in [2.05, 4.69) is 5.48 Å². The number of amides is 2. The predicted molar refractivity (Wildman–Crippen MR) is 97.6 cm³/mol. The van der Waals surface area contributed by atoms with Crippen LogP contribution in [0.25, 0.3) is 0 Å². The van der Waals surface area contributed by atoms with Crippen molar-refractivity contribution < 1.29 is 19.2 Å². The summed E-state index contributed by atoms with van der Waals surface area (Å²) in [6, 6.07) is 15.2. The molecule has 1 unspecified atom stereocenters. The van der Waals surface area contributed by atoms with Gasteiger partial charge in [-0.05, 0) is 30.2 Å². The van der Waals surface area contributed by atoms with Crippen LogP contribution in [0, 0.1) is 12.8 Å². The first-order chi connectivity index (χ1) is 12.6. The smallest absolute Gasteiger partial charge is 0.248 e. The average Bonchev–Trinajstić information content (AvgIpc) is 3.04. The Morgan fingerprint density at radius 3 is 2.73 bits per heavy atom. The lowest BCUT2D eigenvalue weighted by Crippen LogP contribution is -2.33. The maximum absolute atomic E-state index is 12.4. The van der Waals surface area contributed by atoms with E-state index in [0.29, 0.717) is 18.0 Å². The lowest BCUT2D eigenvalue weighted by molar-refractivity contribution is -0.138. The third-order valence-electron chi connectivity index (χ3n) is 4.38. The van der Waals surface area contributed by atoms with E-state index >= 15 is 0 Å².